The Kier molecular flexibility index (Phi) is 8.43. The molecule has 8 heteroatoms. The fourth-order valence-electron chi connectivity index (χ4n) is 3.35. The molecule has 0 amide bonds. The molecule has 0 aromatic heterocycles. The van der Waals surface area contributed by atoms with Gasteiger partial charge in [0.05, 0.1) is 0 Å². The predicted molar refractivity (Wildman–Crippen MR) is 107 cm³/mol. The van der Waals surface area contributed by atoms with E-state index in [1.165, 1.54) is 17.7 Å². The molecule has 3 nitrogen and oxygen atoms in total. The molecule has 1 aliphatic rings. The van der Waals surface area contributed by atoms with E-state index in [9.17, 15) is 13.2 Å². The molecule has 0 spiro atoms. The van der Waals surface area contributed by atoms with Crippen LogP contribution in [0.5, 0.6) is 5.75 Å². The second-order valence-electron chi connectivity index (χ2n) is 6.63. The Labute approximate surface area is 174 Å². The van der Waals surface area contributed by atoms with Gasteiger partial charge in [0.1, 0.15) is 5.75 Å². The highest BCUT2D eigenvalue weighted by molar-refractivity contribution is 6.30. The Morgan fingerprint density at radius 1 is 1.14 bits per heavy atom. The zero-order chi connectivity index (χ0) is 19.3. The minimum atomic E-state index is -4.38. The van der Waals surface area contributed by atoms with Gasteiger partial charge in [-0.2, -0.15) is 13.2 Å². The van der Waals surface area contributed by atoms with Gasteiger partial charge in [-0.1, -0.05) is 41.9 Å². The minimum absolute atomic E-state index is 0. The van der Waals surface area contributed by atoms with Crippen LogP contribution in [0.15, 0.2) is 48.5 Å². The van der Waals surface area contributed by atoms with E-state index in [4.69, 9.17) is 16.3 Å². The molecule has 2 unspecified atom stereocenters. The summed E-state index contributed by atoms with van der Waals surface area (Å²) in [5, 5.41) is 7.46. The maximum atomic E-state index is 12.5. The lowest BCUT2D eigenvalue weighted by Gasteiger charge is -2.34. The molecule has 2 N–H and O–H groups in total. The van der Waals surface area contributed by atoms with Crippen molar-refractivity contribution in [3.8, 4) is 5.75 Å². The van der Waals surface area contributed by atoms with E-state index in [1.54, 1.807) is 6.07 Å². The maximum Gasteiger partial charge on any atom is 0.422 e. The first kappa shape index (κ1) is 22.8. The topological polar surface area (TPSA) is 33.3 Å². The SMILES string of the molecule is Cl.FC(F)(F)COc1ccc(Cl)cc1CNC1CCCNC1c1ccccc1. The smallest absolute Gasteiger partial charge is 0.422 e. The molecular weight excluding hydrogens is 412 g/mol. The first-order chi connectivity index (χ1) is 12.9. The minimum Gasteiger partial charge on any atom is -0.484 e. The summed E-state index contributed by atoms with van der Waals surface area (Å²) in [5.74, 6) is 0.198. The van der Waals surface area contributed by atoms with E-state index in [0.717, 1.165) is 19.4 Å². The summed E-state index contributed by atoms with van der Waals surface area (Å²) in [6, 6.07) is 15.1. The normalized spacial score (nSPS) is 19.7. The highest BCUT2D eigenvalue weighted by Crippen LogP contribution is 2.28. The van der Waals surface area contributed by atoms with Crippen LogP contribution >= 0.6 is 24.0 Å². The van der Waals surface area contributed by atoms with Crippen LogP contribution in [-0.2, 0) is 6.54 Å². The van der Waals surface area contributed by atoms with E-state index in [1.807, 2.05) is 18.2 Å². The summed E-state index contributed by atoms with van der Waals surface area (Å²) < 4.78 is 42.4. The van der Waals surface area contributed by atoms with Crippen molar-refractivity contribution in [2.75, 3.05) is 13.2 Å². The lowest BCUT2D eigenvalue weighted by molar-refractivity contribution is -0.153. The molecule has 154 valence electrons. The van der Waals surface area contributed by atoms with E-state index < -0.39 is 12.8 Å². The third kappa shape index (κ3) is 6.55. The molecule has 0 aliphatic carbocycles. The van der Waals surface area contributed by atoms with Crippen LogP contribution in [-0.4, -0.2) is 25.4 Å². The van der Waals surface area contributed by atoms with Crippen LogP contribution in [0.2, 0.25) is 5.02 Å². The van der Waals surface area contributed by atoms with Crippen molar-refractivity contribution in [1.82, 2.24) is 10.6 Å². The Balaban J connectivity index is 0.00000280. The van der Waals surface area contributed by atoms with Crippen molar-refractivity contribution in [2.45, 2.75) is 37.6 Å². The van der Waals surface area contributed by atoms with Gasteiger partial charge in [0.15, 0.2) is 6.61 Å². The van der Waals surface area contributed by atoms with Crippen molar-refractivity contribution in [3.63, 3.8) is 0 Å². The van der Waals surface area contributed by atoms with Gasteiger partial charge in [0.2, 0.25) is 0 Å². The monoisotopic (exact) mass is 434 g/mol. The summed E-state index contributed by atoms with van der Waals surface area (Å²) >= 11 is 6.04. The van der Waals surface area contributed by atoms with Gasteiger partial charge >= 0.3 is 6.18 Å². The van der Waals surface area contributed by atoms with Crippen LogP contribution in [0.1, 0.15) is 30.0 Å². The second-order valence-corrected chi connectivity index (χ2v) is 7.06. The lowest BCUT2D eigenvalue weighted by Crippen LogP contribution is -2.45. The summed E-state index contributed by atoms with van der Waals surface area (Å²) in [5.41, 5.74) is 1.80. The van der Waals surface area contributed by atoms with Crippen molar-refractivity contribution in [2.24, 2.45) is 0 Å². The van der Waals surface area contributed by atoms with Gasteiger partial charge in [0.25, 0.3) is 0 Å². The largest absolute Gasteiger partial charge is 0.484 e. The number of benzene rings is 2. The number of rotatable bonds is 6. The average Bonchev–Trinajstić information content (AvgIpc) is 2.66. The summed E-state index contributed by atoms with van der Waals surface area (Å²) in [7, 11) is 0. The predicted octanol–water partition coefficient (Wildman–Crippen LogP) is 5.29. The van der Waals surface area contributed by atoms with Gasteiger partial charge in [0, 0.05) is 29.2 Å². The molecular formula is C20H23Cl2F3N2O. The molecule has 0 bridgehead atoms. The Morgan fingerprint density at radius 3 is 2.61 bits per heavy atom. The van der Waals surface area contributed by atoms with E-state index in [2.05, 4.69) is 22.8 Å². The Bertz CT molecular complexity index is 744. The number of hydrogen-bond acceptors (Lipinski definition) is 3. The molecule has 0 saturated carbocycles. The zero-order valence-electron chi connectivity index (χ0n) is 15.1. The first-order valence-electron chi connectivity index (χ1n) is 8.92. The molecule has 28 heavy (non-hydrogen) atoms. The molecule has 2 aromatic rings. The number of ether oxygens (including phenoxy) is 1. The lowest BCUT2D eigenvalue weighted by atomic mass is 9.92. The quantitative estimate of drug-likeness (QED) is 0.648. The molecule has 0 radical (unpaired) electrons. The fraction of sp³-hybridized carbons (Fsp3) is 0.400. The van der Waals surface area contributed by atoms with Crippen LogP contribution < -0.4 is 15.4 Å². The van der Waals surface area contributed by atoms with Crippen LogP contribution in [0.25, 0.3) is 0 Å². The number of nitrogens with one attached hydrogen (secondary N) is 2. The van der Waals surface area contributed by atoms with E-state index in [-0.39, 0.29) is 30.2 Å². The number of halogens is 5. The maximum absolute atomic E-state index is 12.5. The van der Waals surface area contributed by atoms with Gasteiger partial charge in [-0.05, 0) is 43.1 Å². The van der Waals surface area contributed by atoms with Gasteiger partial charge in [-0.15, -0.1) is 12.4 Å². The van der Waals surface area contributed by atoms with Crippen molar-refractivity contribution < 1.29 is 17.9 Å². The van der Waals surface area contributed by atoms with E-state index in [0.29, 0.717) is 17.1 Å². The van der Waals surface area contributed by atoms with Gasteiger partial charge in [-0.3, -0.25) is 0 Å². The third-order valence-corrected chi connectivity index (χ3v) is 4.82. The van der Waals surface area contributed by atoms with Crippen LogP contribution in [0.4, 0.5) is 13.2 Å². The zero-order valence-corrected chi connectivity index (χ0v) is 16.7. The Hall–Kier alpha value is -1.47. The molecule has 2 aromatic carbocycles. The first-order valence-corrected chi connectivity index (χ1v) is 9.30. The molecule has 1 saturated heterocycles. The number of hydrogen-bond donors (Lipinski definition) is 2. The van der Waals surface area contributed by atoms with Crippen LogP contribution in [0, 0.1) is 0 Å². The molecule has 1 heterocycles. The van der Waals surface area contributed by atoms with Crippen molar-refractivity contribution in [3.05, 3.63) is 64.7 Å². The average molecular weight is 435 g/mol. The number of alkyl halides is 3. The van der Waals surface area contributed by atoms with Gasteiger partial charge < -0.3 is 15.4 Å². The second kappa shape index (κ2) is 10.3. The van der Waals surface area contributed by atoms with E-state index >= 15 is 0 Å². The highest BCUT2D eigenvalue weighted by atomic mass is 35.5. The molecule has 1 aliphatic heterocycles. The fourth-order valence-corrected chi connectivity index (χ4v) is 3.54. The van der Waals surface area contributed by atoms with Crippen molar-refractivity contribution in [1.29, 1.82) is 0 Å². The summed E-state index contributed by atoms with van der Waals surface area (Å²) in [4.78, 5) is 0. The summed E-state index contributed by atoms with van der Waals surface area (Å²) in [6.45, 7) is -0.00244. The third-order valence-electron chi connectivity index (χ3n) is 4.59. The molecule has 2 atom stereocenters. The van der Waals surface area contributed by atoms with Gasteiger partial charge in [-0.25, -0.2) is 0 Å². The molecule has 3 rings (SSSR count). The van der Waals surface area contributed by atoms with Crippen molar-refractivity contribution >= 4 is 24.0 Å². The van der Waals surface area contributed by atoms with Crippen LogP contribution in [0.3, 0.4) is 0 Å². The highest BCUT2D eigenvalue weighted by Gasteiger charge is 2.29. The molecule has 1 fully saturated rings. The standard InChI is InChI=1S/C20H22ClF3N2O.ClH/c21-16-8-9-18(27-13-20(22,23)24)15(11-16)12-26-17-7-4-10-25-19(17)14-5-2-1-3-6-14;/h1-3,5-6,8-9,11,17,19,25-26H,4,7,10,12-13H2;1H. The number of piperidine rings is 1. The Morgan fingerprint density at radius 2 is 1.89 bits per heavy atom. The summed E-state index contributed by atoms with van der Waals surface area (Å²) in [6.07, 6.45) is -2.37.